The molecule has 0 aromatic carbocycles. The maximum Gasteiger partial charge on any atom is 0.128 e. The molecule has 0 fully saturated rings. The normalized spacial score (nSPS) is 9.67. The summed E-state index contributed by atoms with van der Waals surface area (Å²) in [6.45, 7) is 0. The molecule has 0 unspecified atom stereocenters. The van der Waals surface area contributed by atoms with Crippen molar-refractivity contribution in [3.8, 4) is 0 Å². The molecule has 0 amide bonds. The van der Waals surface area contributed by atoms with Gasteiger partial charge in [-0.1, -0.05) is 0 Å². The molecule has 9 heavy (non-hydrogen) atoms. The molecule has 0 aliphatic heterocycles. The fraction of sp³-hybridized carbons (Fsp3) is 0. The number of rotatable bonds is 0. The number of hydrogen-bond acceptors (Lipinski definition) is 1. The van der Waals surface area contributed by atoms with Gasteiger partial charge in [-0.3, -0.25) is 0 Å². The van der Waals surface area contributed by atoms with Crippen LogP contribution in [-0.4, -0.2) is 4.98 Å². The Bertz CT molecular complexity index is 176. The Morgan fingerprint density at radius 2 is 1.67 bits per heavy atom. The van der Waals surface area contributed by atoms with Crippen LogP contribution in [0, 0.1) is 5.82 Å². The Hall–Kier alpha value is 0.0400. The second kappa shape index (κ2) is 2.75. The van der Waals surface area contributed by atoms with Gasteiger partial charge in [-0.05, 0) is 31.9 Å². The highest BCUT2D eigenvalue weighted by Crippen LogP contribution is 2.13. The van der Waals surface area contributed by atoms with E-state index >= 15 is 0 Å². The van der Waals surface area contributed by atoms with E-state index in [9.17, 15) is 4.39 Å². The highest BCUT2D eigenvalue weighted by atomic mass is 79.9. The van der Waals surface area contributed by atoms with Gasteiger partial charge < -0.3 is 0 Å². The maximum absolute atomic E-state index is 12.3. The Balaban J connectivity index is 3.17. The Labute approximate surface area is 68.6 Å². The van der Waals surface area contributed by atoms with E-state index in [1.807, 2.05) is 0 Å². The number of halogens is 3. The summed E-state index contributed by atoms with van der Waals surface area (Å²) in [7, 11) is 0. The van der Waals surface area contributed by atoms with Gasteiger partial charge in [0.25, 0.3) is 0 Å². The number of hydrogen-bond donors (Lipinski definition) is 0. The maximum atomic E-state index is 12.3. The van der Waals surface area contributed by atoms with Crippen molar-refractivity contribution in [1.29, 1.82) is 0 Å². The minimum Gasteiger partial charge on any atom is -0.234 e. The summed E-state index contributed by atoms with van der Waals surface area (Å²) in [6.07, 6.45) is 0. The summed E-state index contributed by atoms with van der Waals surface area (Å²) in [5, 5.41) is 0. The molecular weight excluding hydrogens is 253 g/mol. The number of pyridine rings is 1. The third-order valence-electron chi connectivity index (χ3n) is 0.728. The largest absolute Gasteiger partial charge is 0.234 e. The fourth-order valence-electron chi connectivity index (χ4n) is 0.436. The van der Waals surface area contributed by atoms with E-state index in [-0.39, 0.29) is 5.82 Å². The first-order chi connectivity index (χ1) is 4.18. The first-order valence-electron chi connectivity index (χ1n) is 2.17. The van der Waals surface area contributed by atoms with Gasteiger partial charge in [0.2, 0.25) is 0 Å². The van der Waals surface area contributed by atoms with E-state index in [0.717, 1.165) is 0 Å². The Morgan fingerprint density at radius 1 is 1.22 bits per heavy atom. The summed E-state index contributed by atoms with van der Waals surface area (Å²) in [5.41, 5.74) is 0. The molecule has 0 saturated carbocycles. The smallest absolute Gasteiger partial charge is 0.128 e. The lowest BCUT2D eigenvalue weighted by atomic mass is 10.5. The van der Waals surface area contributed by atoms with Gasteiger partial charge in [-0.25, -0.2) is 9.37 Å². The van der Waals surface area contributed by atoms with Gasteiger partial charge in [0.05, 0.1) is 0 Å². The highest BCUT2D eigenvalue weighted by molar-refractivity contribution is 9.11. The zero-order valence-corrected chi connectivity index (χ0v) is 7.41. The molecule has 1 aromatic heterocycles. The zero-order valence-electron chi connectivity index (χ0n) is 4.24. The van der Waals surface area contributed by atoms with Crippen molar-refractivity contribution in [2.75, 3.05) is 0 Å². The van der Waals surface area contributed by atoms with Crippen molar-refractivity contribution in [2.24, 2.45) is 0 Å². The van der Waals surface area contributed by atoms with Crippen LogP contribution in [0.5, 0.6) is 0 Å². The molecule has 1 heterocycles. The van der Waals surface area contributed by atoms with E-state index in [1.165, 1.54) is 12.1 Å². The molecule has 0 saturated heterocycles. The molecule has 0 spiro atoms. The van der Waals surface area contributed by atoms with Gasteiger partial charge in [0, 0.05) is 12.1 Å². The van der Waals surface area contributed by atoms with E-state index in [4.69, 9.17) is 0 Å². The van der Waals surface area contributed by atoms with Gasteiger partial charge in [-0.2, -0.15) is 0 Å². The lowest BCUT2D eigenvalue weighted by Gasteiger charge is -1.90. The molecule has 1 rings (SSSR count). The van der Waals surface area contributed by atoms with Crippen LogP contribution in [0.3, 0.4) is 0 Å². The summed E-state index contributed by atoms with van der Waals surface area (Å²) < 4.78 is 13.3. The van der Waals surface area contributed by atoms with E-state index < -0.39 is 0 Å². The van der Waals surface area contributed by atoms with Crippen molar-refractivity contribution in [1.82, 2.24) is 4.98 Å². The van der Waals surface area contributed by atoms with E-state index in [0.29, 0.717) is 9.21 Å². The highest BCUT2D eigenvalue weighted by Gasteiger charge is 1.94. The molecule has 0 aliphatic rings. The second-order valence-electron chi connectivity index (χ2n) is 1.43. The average Bonchev–Trinajstić information content (AvgIpc) is 1.59. The van der Waals surface area contributed by atoms with Crippen molar-refractivity contribution in [3.63, 3.8) is 0 Å². The van der Waals surface area contributed by atoms with Gasteiger partial charge >= 0.3 is 0 Å². The average molecular weight is 255 g/mol. The molecule has 1 aromatic rings. The van der Waals surface area contributed by atoms with Crippen LogP contribution in [0.2, 0.25) is 0 Å². The first kappa shape index (κ1) is 7.15. The monoisotopic (exact) mass is 253 g/mol. The summed E-state index contributed by atoms with van der Waals surface area (Å²) in [4.78, 5) is 3.83. The SMILES string of the molecule is Fc1cc(Br)nc(Br)c1. The van der Waals surface area contributed by atoms with E-state index in [2.05, 4.69) is 36.8 Å². The van der Waals surface area contributed by atoms with Crippen LogP contribution < -0.4 is 0 Å². The third kappa shape index (κ3) is 2.02. The predicted octanol–water partition coefficient (Wildman–Crippen LogP) is 2.75. The van der Waals surface area contributed by atoms with Crippen molar-refractivity contribution >= 4 is 31.9 Å². The van der Waals surface area contributed by atoms with Crippen molar-refractivity contribution in [2.45, 2.75) is 0 Å². The zero-order chi connectivity index (χ0) is 6.85. The lowest BCUT2D eigenvalue weighted by Crippen LogP contribution is -1.79. The topological polar surface area (TPSA) is 12.9 Å². The van der Waals surface area contributed by atoms with Crippen LogP contribution in [0.1, 0.15) is 0 Å². The van der Waals surface area contributed by atoms with Crippen LogP contribution in [0.25, 0.3) is 0 Å². The minimum atomic E-state index is -0.302. The summed E-state index contributed by atoms with van der Waals surface area (Å²) in [5.74, 6) is -0.302. The minimum absolute atomic E-state index is 0.302. The summed E-state index contributed by atoms with van der Waals surface area (Å²) in [6, 6.07) is 2.59. The van der Waals surface area contributed by atoms with Gasteiger partial charge in [0.1, 0.15) is 15.0 Å². The van der Waals surface area contributed by atoms with Gasteiger partial charge in [-0.15, -0.1) is 0 Å². The Kier molecular flexibility index (Phi) is 2.18. The van der Waals surface area contributed by atoms with Crippen LogP contribution in [0.4, 0.5) is 4.39 Å². The number of aromatic nitrogens is 1. The van der Waals surface area contributed by atoms with E-state index in [1.54, 1.807) is 0 Å². The molecular formula is C5H2Br2FN. The van der Waals surface area contributed by atoms with Crippen LogP contribution in [-0.2, 0) is 0 Å². The molecule has 0 bridgehead atoms. The quantitative estimate of drug-likeness (QED) is 0.649. The van der Waals surface area contributed by atoms with Crippen molar-refractivity contribution in [3.05, 3.63) is 27.2 Å². The van der Waals surface area contributed by atoms with Gasteiger partial charge in [0.15, 0.2) is 0 Å². The molecule has 0 N–H and O–H groups in total. The van der Waals surface area contributed by atoms with Crippen LogP contribution in [0.15, 0.2) is 21.3 Å². The second-order valence-corrected chi connectivity index (χ2v) is 3.06. The molecule has 0 atom stereocenters. The number of nitrogens with zero attached hydrogens (tertiary/aromatic N) is 1. The first-order valence-corrected chi connectivity index (χ1v) is 3.75. The fourth-order valence-corrected chi connectivity index (χ4v) is 1.49. The van der Waals surface area contributed by atoms with Crippen LogP contribution >= 0.6 is 31.9 Å². The molecule has 1 nitrogen and oxygen atoms in total. The lowest BCUT2D eigenvalue weighted by molar-refractivity contribution is 0.623. The van der Waals surface area contributed by atoms with Crippen molar-refractivity contribution < 1.29 is 4.39 Å². The predicted molar refractivity (Wildman–Crippen MR) is 39.6 cm³/mol. The molecule has 48 valence electrons. The standard InChI is InChI=1S/C5H2Br2FN/c6-4-1-3(8)2-5(7)9-4/h1-2H. The molecule has 4 heteroatoms. The Morgan fingerprint density at radius 3 is 2.00 bits per heavy atom. The molecule has 0 radical (unpaired) electrons. The third-order valence-corrected chi connectivity index (χ3v) is 1.54. The molecule has 0 aliphatic carbocycles. The summed E-state index contributed by atoms with van der Waals surface area (Å²) >= 11 is 6.06.